The summed E-state index contributed by atoms with van der Waals surface area (Å²) in [6.07, 6.45) is 3.73. The molecular weight excluding hydrogens is 188 g/mol. The van der Waals surface area contributed by atoms with Crippen molar-refractivity contribution in [1.29, 1.82) is 0 Å². The van der Waals surface area contributed by atoms with Crippen LogP contribution in [0, 0.1) is 0 Å². The third kappa shape index (κ3) is 3.74. The molecule has 88 valence electrons. The molecule has 2 aliphatic rings. The summed E-state index contributed by atoms with van der Waals surface area (Å²) >= 11 is 0. The molecule has 0 radical (unpaired) electrons. The quantitative estimate of drug-likeness (QED) is 0.751. The van der Waals surface area contributed by atoms with Gasteiger partial charge in [0.25, 0.3) is 0 Å². The van der Waals surface area contributed by atoms with E-state index in [1.165, 1.54) is 39.0 Å². The summed E-state index contributed by atoms with van der Waals surface area (Å²) in [5.74, 6) is 0. The van der Waals surface area contributed by atoms with Crippen molar-refractivity contribution >= 4 is 0 Å². The van der Waals surface area contributed by atoms with Crippen molar-refractivity contribution in [2.45, 2.75) is 44.8 Å². The van der Waals surface area contributed by atoms with Gasteiger partial charge in [0.15, 0.2) is 0 Å². The molecule has 1 N–H and O–H groups in total. The van der Waals surface area contributed by atoms with Gasteiger partial charge in [0.05, 0.1) is 5.60 Å². The Balaban J connectivity index is 1.64. The van der Waals surface area contributed by atoms with Gasteiger partial charge in [-0.1, -0.05) is 0 Å². The number of hydrogen-bond donors (Lipinski definition) is 1. The molecule has 0 spiro atoms. The highest BCUT2D eigenvalue weighted by Gasteiger charge is 2.31. The van der Waals surface area contributed by atoms with Gasteiger partial charge in [0.2, 0.25) is 0 Å². The molecule has 0 amide bonds. The van der Waals surface area contributed by atoms with Crippen LogP contribution < -0.4 is 0 Å². The second-order valence-corrected chi connectivity index (χ2v) is 5.67. The van der Waals surface area contributed by atoms with Crippen molar-refractivity contribution in [3.8, 4) is 0 Å². The maximum atomic E-state index is 9.66. The summed E-state index contributed by atoms with van der Waals surface area (Å²) in [4.78, 5) is 5.11. The predicted molar refractivity (Wildman–Crippen MR) is 61.9 cm³/mol. The van der Waals surface area contributed by atoms with Gasteiger partial charge in [0.1, 0.15) is 0 Å². The Morgan fingerprint density at radius 3 is 2.20 bits per heavy atom. The van der Waals surface area contributed by atoms with Crippen LogP contribution in [0.5, 0.6) is 0 Å². The average Bonchev–Trinajstić information content (AvgIpc) is 2.98. The summed E-state index contributed by atoms with van der Waals surface area (Å²) < 4.78 is 0. The number of aliphatic hydroxyl groups is 1. The largest absolute Gasteiger partial charge is 0.390 e. The van der Waals surface area contributed by atoms with Gasteiger partial charge in [-0.15, -0.1) is 0 Å². The van der Waals surface area contributed by atoms with Crippen molar-refractivity contribution in [2.75, 3.05) is 32.7 Å². The molecule has 0 aromatic heterocycles. The minimum absolute atomic E-state index is 0.506. The zero-order chi connectivity index (χ0) is 10.9. The molecular formula is C12H24N2O. The minimum Gasteiger partial charge on any atom is -0.390 e. The van der Waals surface area contributed by atoms with Crippen LogP contribution in [0.3, 0.4) is 0 Å². The molecule has 2 fully saturated rings. The van der Waals surface area contributed by atoms with Gasteiger partial charge in [-0.3, -0.25) is 4.90 Å². The highest BCUT2D eigenvalue weighted by molar-refractivity contribution is 4.87. The molecule has 0 unspecified atom stereocenters. The van der Waals surface area contributed by atoms with Gasteiger partial charge >= 0.3 is 0 Å². The Hall–Kier alpha value is -0.120. The average molecular weight is 212 g/mol. The van der Waals surface area contributed by atoms with Gasteiger partial charge in [0, 0.05) is 38.8 Å². The van der Waals surface area contributed by atoms with E-state index in [0.717, 1.165) is 19.0 Å². The van der Waals surface area contributed by atoms with Crippen molar-refractivity contribution in [2.24, 2.45) is 0 Å². The first-order chi connectivity index (χ1) is 7.04. The van der Waals surface area contributed by atoms with E-state index < -0.39 is 5.60 Å². The molecule has 3 heteroatoms. The number of piperazine rings is 1. The fourth-order valence-corrected chi connectivity index (χ4v) is 2.22. The first-order valence-electron chi connectivity index (χ1n) is 6.23. The summed E-state index contributed by atoms with van der Waals surface area (Å²) in [6, 6.07) is 0.918. The van der Waals surface area contributed by atoms with Crippen LogP contribution in [0.15, 0.2) is 0 Å². The van der Waals surface area contributed by atoms with Crippen LogP contribution in [0.4, 0.5) is 0 Å². The highest BCUT2D eigenvalue weighted by atomic mass is 16.3. The Morgan fingerprint density at radius 2 is 1.73 bits per heavy atom. The standard InChI is InChI=1S/C12H24N2O/c1-12(2,15)5-6-13-7-9-14(10-8-13)11-3-4-11/h11,15H,3-10H2,1-2H3. The Bertz CT molecular complexity index is 200. The van der Waals surface area contributed by atoms with E-state index in [4.69, 9.17) is 0 Å². The lowest BCUT2D eigenvalue weighted by molar-refractivity contribution is 0.0466. The number of hydrogen-bond acceptors (Lipinski definition) is 3. The van der Waals surface area contributed by atoms with E-state index in [0.29, 0.717) is 0 Å². The number of nitrogens with zero attached hydrogens (tertiary/aromatic N) is 2. The molecule has 3 nitrogen and oxygen atoms in total. The van der Waals surface area contributed by atoms with Crippen LogP contribution in [-0.2, 0) is 0 Å². The second-order valence-electron chi connectivity index (χ2n) is 5.67. The molecule has 1 saturated carbocycles. The smallest absolute Gasteiger partial charge is 0.0603 e. The zero-order valence-electron chi connectivity index (χ0n) is 10.1. The minimum atomic E-state index is -0.506. The summed E-state index contributed by atoms with van der Waals surface area (Å²) in [6.45, 7) is 9.68. The Morgan fingerprint density at radius 1 is 1.13 bits per heavy atom. The van der Waals surface area contributed by atoms with Crippen LogP contribution in [-0.4, -0.2) is 59.3 Å². The summed E-state index contributed by atoms with van der Waals surface area (Å²) in [5.41, 5.74) is -0.506. The molecule has 15 heavy (non-hydrogen) atoms. The van der Waals surface area contributed by atoms with E-state index in [1.807, 2.05) is 13.8 Å². The summed E-state index contributed by atoms with van der Waals surface area (Å²) in [7, 11) is 0. The molecule has 1 aliphatic heterocycles. The summed E-state index contributed by atoms with van der Waals surface area (Å²) in [5, 5.41) is 9.66. The Labute approximate surface area is 93.1 Å². The van der Waals surface area contributed by atoms with Gasteiger partial charge in [-0.25, -0.2) is 0 Å². The fraction of sp³-hybridized carbons (Fsp3) is 1.00. The Kier molecular flexibility index (Phi) is 3.33. The van der Waals surface area contributed by atoms with Crippen LogP contribution in [0.2, 0.25) is 0 Å². The maximum Gasteiger partial charge on any atom is 0.0603 e. The lowest BCUT2D eigenvalue weighted by Gasteiger charge is -2.35. The molecule has 0 aromatic rings. The fourth-order valence-electron chi connectivity index (χ4n) is 2.22. The highest BCUT2D eigenvalue weighted by Crippen LogP contribution is 2.27. The first-order valence-corrected chi connectivity index (χ1v) is 6.23. The van der Waals surface area contributed by atoms with E-state index in [1.54, 1.807) is 0 Å². The molecule has 1 heterocycles. The topological polar surface area (TPSA) is 26.7 Å². The van der Waals surface area contributed by atoms with Crippen LogP contribution in [0.1, 0.15) is 33.1 Å². The molecule has 0 atom stereocenters. The molecule has 0 bridgehead atoms. The molecule has 1 saturated heterocycles. The lowest BCUT2D eigenvalue weighted by atomic mass is 10.1. The lowest BCUT2D eigenvalue weighted by Crippen LogP contribution is -2.48. The van der Waals surface area contributed by atoms with Crippen LogP contribution in [0.25, 0.3) is 0 Å². The van der Waals surface area contributed by atoms with E-state index >= 15 is 0 Å². The van der Waals surface area contributed by atoms with E-state index in [2.05, 4.69) is 9.80 Å². The normalized spacial score (nSPS) is 25.8. The van der Waals surface area contributed by atoms with Crippen molar-refractivity contribution in [1.82, 2.24) is 9.80 Å². The van der Waals surface area contributed by atoms with E-state index in [9.17, 15) is 5.11 Å². The SMILES string of the molecule is CC(C)(O)CCN1CCN(C2CC2)CC1. The zero-order valence-corrected chi connectivity index (χ0v) is 10.1. The molecule has 1 aliphatic carbocycles. The molecule has 2 rings (SSSR count). The third-order valence-corrected chi connectivity index (χ3v) is 3.51. The monoisotopic (exact) mass is 212 g/mol. The van der Waals surface area contributed by atoms with Gasteiger partial charge < -0.3 is 10.0 Å². The van der Waals surface area contributed by atoms with Crippen molar-refractivity contribution in [3.63, 3.8) is 0 Å². The van der Waals surface area contributed by atoms with Crippen LogP contribution >= 0.6 is 0 Å². The van der Waals surface area contributed by atoms with Gasteiger partial charge in [-0.2, -0.15) is 0 Å². The maximum absolute atomic E-state index is 9.66. The second kappa shape index (κ2) is 4.40. The van der Waals surface area contributed by atoms with E-state index in [-0.39, 0.29) is 0 Å². The predicted octanol–water partition coefficient (Wildman–Crippen LogP) is 0.927. The third-order valence-electron chi connectivity index (χ3n) is 3.51. The first kappa shape index (κ1) is 11.4. The van der Waals surface area contributed by atoms with Crippen molar-refractivity contribution < 1.29 is 5.11 Å². The number of rotatable bonds is 4. The van der Waals surface area contributed by atoms with Crippen molar-refractivity contribution in [3.05, 3.63) is 0 Å². The molecule has 0 aromatic carbocycles. The van der Waals surface area contributed by atoms with Gasteiger partial charge in [-0.05, 0) is 33.1 Å².